The van der Waals surface area contributed by atoms with Gasteiger partial charge in [-0.2, -0.15) is 10.1 Å². The van der Waals surface area contributed by atoms with E-state index in [9.17, 15) is 0 Å². The molecule has 2 saturated heterocycles. The molecule has 32 heavy (non-hydrogen) atoms. The lowest BCUT2D eigenvalue weighted by atomic mass is 9.89. The van der Waals surface area contributed by atoms with Gasteiger partial charge in [0.15, 0.2) is 5.82 Å². The molecule has 0 aliphatic carbocycles. The number of methoxy groups -OCH3 is 1. The van der Waals surface area contributed by atoms with Crippen LogP contribution in [-0.4, -0.2) is 70.2 Å². The Kier molecular flexibility index (Phi) is 5.66. The molecule has 2 aliphatic heterocycles. The molecule has 0 spiro atoms. The van der Waals surface area contributed by atoms with Crippen LogP contribution in [0.1, 0.15) is 23.9 Å². The van der Waals surface area contributed by atoms with Crippen molar-refractivity contribution in [2.24, 2.45) is 0 Å². The van der Waals surface area contributed by atoms with E-state index in [0.29, 0.717) is 50.2 Å². The lowest BCUT2D eigenvalue weighted by molar-refractivity contribution is 0.136. The minimum atomic E-state index is 0.378. The van der Waals surface area contributed by atoms with Crippen molar-refractivity contribution >= 4 is 28.6 Å². The average Bonchev–Trinajstić information content (AvgIpc) is 3.07. The van der Waals surface area contributed by atoms with Crippen molar-refractivity contribution in [3.8, 4) is 0 Å². The van der Waals surface area contributed by atoms with Crippen LogP contribution in [-0.2, 0) is 22.6 Å². The molecule has 170 valence electrons. The van der Waals surface area contributed by atoms with E-state index in [1.165, 1.54) is 0 Å². The molecule has 2 aliphatic rings. The summed E-state index contributed by atoms with van der Waals surface area (Å²) in [5.74, 6) is 2.17. The Balaban J connectivity index is 1.61. The number of hydrogen-bond acceptors (Lipinski definition) is 9. The first-order valence-corrected chi connectivity index (χ1v) is 11.1. The normalized spacial score (nSPS) is 19.6. The van der Waals surface area contributed by atoms with Gasteiger partial charge in [-0.15, -0.1) is 0 Å². The zero-order valence-electron chi connectivity index (χ0n) is 19.1. The highest BCUT2D eigenvalue weighted by atomic mass is 16.5. The van der Waals surface area contributed by atoms with E-state index in [2.05, 4.69) is 33.5 Å². The van der Waals surface area contributed by atoms with Gasteiger partial charge in [-0.05, 0) is 38.5 Å². The Hall–Kier alpha value is -2.82. The molecule has 2 N–H and O–H groups in total. The zero-order valence-corrected chi connectivity index (χ0v) is 19.1. The average molecular weight is 439 g/mol. The molecule has 0 amide bonds. The summed E-state index contributed by atoms with van der Waals surface area (Å²) >= 11 is 0. The van der Waals surface area contributed by atoms with Crippen molar-refractivity contribution in [1.29, 1.82) is 0 Å². The summed E-state index contributed by atoms with van der Waals surface area (Å²) < 4.78 is 12.9. The van der Waals surface area contributed by atoms with Crippen LogP contribution in [0.5, 0.6) is 0 Å². The topological polar surface area (TPSA) is 102 Å². The van der Waals surface area contributed by atoms with Gasteiger partial charge in [0.2, 0.25) is 5.95 Å². The molecule has 0 radical (unpaired) electrons. The SMILES string of the molecule is CCOCCn1nc(COC)c2nc(N3CC4NC[C@H]43)nc(Nc3cc(C)cc(C)n3)c21. The van der Waals surface area contributed by atoms with Crippen LogP contribution in [0, 0.1) is 13.8 Å². The maximum absolute atomic E-state index is 5.59. The Bertz CT molecular complexity index is 1110. The largest absolute Gasteiger partial charge is 0.380 e. The molecule has 10 nitrogen and oxygen atoms in total. The van der Waals surface area contributed by atoms with Crippen LogP contribution >= 0.6 is 0 Å². The van der Waals surface area contributed by atoms with E-state index in [1.54, 1.807) is 7.11 Å². The Morgan fingerprint density at radius 2 is 2.09 bits per heavy atom. The van der Waals surface area contributed by atoms with Crippen molar-refractivity contribution in [3.63, 3.8) is 0 Å². The maximum atomic E-state index is 5.59. The fourth-order valence-corrected chi connectivity index (χ4v) is 4.41. The van der Waals surface area contributed by atoms with Crippen molar-refractivity contribution < 1.29 is 9.47 Å². The van der Waals surface area contributed by atoms with Gasteiger partial charge in [0.1, 0.15) is 22.5 Å². The summed E-state index contributed by atoms with van der Waals surface area (Å²) in [5, 5.41) is 11.7. The van der Waals surface area contributed by atoms with Crippen LogP contribution in [0.15, 0.2) is 12.1 Å². The van der Waals surface area contributed by atoms with Gasteiger partial charge in [-0.25, -0.2) is 9.97 Å². The predicted molar refractivity (Wildman–Crippen MR) is 122 cm³/mol. The first-order valence-electron chi connectivity index (χ1n) is 11.1. The molecule has 3 aromatic heterocycles. The van der Waals surface area contributed by atoms with E-state index in [4.69, 9.17) is 24.5 Å². The Morgan fingerprint density at radius 3 is 2.75 bits per heavy atom. The molecular weight excluding hydrogens is 408 g/mol. The van der Waals surface area contributed by atoms with Gasteiger partial charge >= 0.3 is 0 Å². The third-order valence-corrected chi connectivity index (χ3v) is 6.03. The van der Waals surface area contributed by atoms with Crippen LogP contribution in [0.4, 0.5) is 17.6 Å². The first-order chi connectivity index (χ1) is 15.6. The second-order valence-electron chi connectivity index (χ2n) is 8.40. The minimum absolute atomic E-state index is 0.378. The number of aromatic nitrogens is 5. The summed E-state index contributed by atoms with van der Waals surface area (Å²) in [4.78, 5) is 16.8. The molecule has 0 aromatic carbocycles. The molecule has 2 fully saturated rings. The zero-order chi connectivity index (χ0) is 22.2. The number of nitrogens with one attached hydrogen (secondary N) is 2. The van der Waals surface area contributed by atoms with E-state index < -0.39 is 0 Å². The number of ether oxygens (including phenoxy) is 2. The molecular formula is C22H30N8O2. The number of hydrogen-bond donors (Lipinski definition) is 2. The predicted octanol–water partition coefficient (Wildman–Crippen LogP) is 1.93. The molecule has 1 unspecified atom stereocenters. The number of rotatable bonds is 9. The highest BCUT2D eigenvalue weighted by Gasteiger charge is 2.47. The molecule has 0 saturated carbocycles. The number of fused-ring (bicyclic) bond motifs is 2. The first kappa shape index (κ1) is 21.0. The molecule has 2 atom stereocenters. The second kappa shape index (κ2) is 8.61. The number of anilines is 3. The second-order valence-corrected chi connectivity index (χ2v) is 8.40. The van der Waals surface area contributed by atoms with Gasteiger partial charge in [-0.1, -0.05) is 0 Å². The van der Waals surface area contributed by atoms with E-state index in [1.807, 2.05) is 24.6 Å². The van der Waals surface area contributed by atoms with Gasteiger partial charge in [0.25, 0.3) is 0 Å². The summed E-state index contributed by atoms with van der Waals surface area (Å²) in [7, 11) is 1.67. The molecule has 5 heterocycles. The van der Waals surface area contributed by atoms with E-state index >= 15 is 0 Å². The lowest BCUT2D eigenvalue weighted by Gasteiger charge is -2.56. The Morgan fingerprint density at radius 1 is 1.22 bits per heavy atom. The third-order valence-electron chi connectivity index (χ3n) is 6.03. The monoisotopic (exact) mass is 438 g/mol. The van der Waals surface area contributed by atoms with Gasteiger partial charge < -0.3 is 25.0 Å². The standard InChI is InChI=1S/C22H30N8O2/c1-5-32-7-6-30-20-19(16(28-30)12-31-4)26-22(29-11-15-17(29)10-23-15)27-21(20)25-18-9-13(2)8-14(3)24-18/h8-9,15,17,23H,5-7,10-12H2,1-4H3,(H,24,25,26,27)/t15?,17-/m1/s1. The third kappa shape index (κ3) is 3.78. The highest BCUT2D eigenvalue weighted by molar-refractivity contribution is 5.90. The fourth-order valence-electron chi connectivity index (χ4n) is 4.41. The van der Waals surface area contributed by atoms with Gasteiger partial charge in [0.05, 0.1) is 25.8 Å². The number of nitrogens with zero attached hydrogens (tertiary/aromatic N) is 6. The van der Waals surface area contributed by atoms with Crippen molar-refractivity contribution in [2.45, 2.75) is 46.0 Å². The highest BCUT2D eigenvalue weighted by Crippen LogP contribution is 2.34. The summed E-state index contributed by atoms with van der Waals surface area (Å²) in [6.07, 6.45) is 0. The Labute approximate surface area is 187 Å². The summed E-state index contributed by atoms with van der Waals surface area (Å²) in [6.45, 7) is 10.1. The number of aryl methyl sites for hydroxylation is 2. The van der Waals surface area contributed by atoms with Gasteiger partial charge in [-0.3, -0.25) is 4.68 Å². The number of pyridine rings is 1. The minimum Gasteiger partial charge on any atom is -0.380 e. The van der Waals surface area contributed by atoms with Crippen molar-refractivity contribution in [2.75, 3.05) is 43.6 Å². The van der Waals surface area contributed by atoms with Crippen LogP contribution in [0.25, 0.3) is 11.0 Å². The van der Waals surface area contributed by atoms with Gasteiger partial charge in [0, 0.05) is 38.5 Å². The lowest BCUT2D eigenvalue weighted by Crippen LogP contribution is -2.78. The van der Waals surface area contributed by atoms with Crippen LogP contribution in [0.3, 0.4) is 0 Å². The van der Waals surface area contributed by atoms with E-state index in [-0.39, 0.29) is 0 Å². The number of piperazine rings is 1. The summed E-state index contributed by atoms with van der Waals surface area (Å²) in [5.41, 5.74) is 4.53. The molecule has 3 aromatic rings. The quantitative estimate of drug-likeness (QED) is 0.485. The molecule has 10 heteroatoms. The molecule has 0 bridgehead atoms. The van der Waals surface area contributed by atoms with Crippen LogP contribution < -0.4 is 15.5 Å². The molecule has 5 rings (SSSR count). The van der Waals surface area contributed by atoms with Crippen molar-refractivity contribution in [3.05, 3.63) is 29.1 Å². The van der Waals surface area contributed by atoms with Crippen LogP contribution in [0.2, 0.25) is 0 Å². The smallest absolute Gasteiger partial charge is 0.228 e. The maximum Gasteiger partial charge on any atom is 0.228 e. The van der Waals surface area contributed by atoms with E-state index in [0.717, 1.165) is 46.9 Å². The van der Waals surface area contributed by atoms with Crippen molar-refractivity contribution in [1.82, 2.24) is 30.0 Å². The summed E-state index contributed by atoms with van der Waals surface area (Å²) in [6, 6.07) is 5.07. The fraction of sp³-hybridized carbons (Fsp3) is 0.545.